The molecule has 6 heteroatoms. The number of amides is 2. The van der Waals surface area contributed by atoms with Gasteiger partial charge in [-0.05, 0) is 18.8 Å². The zero-order valence-electron chi connectivity index (χ0n) is 11.9. The molecule has 1 heterocycles. The Hall–Kier alpha value is -1.43. The molecule has 2 amide bonds. The zero-order chi connectivity index (χ0) is 14.5. The van der Waals surface area contributed by atoms with E-state index in [1.807, 2.05) is 5.38 Å². The van der Waals surface area contributed by atoms with E-state index in [0.717, 1.165) is 31.4 Å². The molecular weight excluding hydrogens is 274 g/mol. The number of carbonyl (C=O) groups is 2. The van der Waals surface area contributed by atoms with Crippen molar-refractivity contribution in [1.82, 2.24) is 10.3 Å². The second-order valence-corrected chi connectivity index (χ2v) is 6.34. The summed E-state index contributed by atoms with van der Waals surface area (Å²) in [5.74, 6) is 0.217. The van der Waals surface area contributed by atoms with E-state index in [9.17, 15) is 9.59 Å². The van der Waals surface area contributed by atoms with Crippen LogP contribution in [-0.2, 0) is 9.59 Å². The van der Waals surface area contributed by atoms with Crippen LogP contribution < -0.4 is 10.6 Å². The smallest absolute Gasteiger partial charge is 0.245 e. The molecule has 1 saturated carbocycles. The van der Waals surface area contributed by atoms with Gasteiger partial charge in [0.1, 0.15) is 0 Å². The monoisotopic (exact) mass is 295 g/mol. The number of hydrogen-bond acceptors (Lipinski definition) is 4. The van der Waals surface area contributed by atoms with E-state index in [4.69, 9.17) is 0 Å². The molecule has 0 aromatic carbocycles. The van der Waals surface area contributed by atoms with Gasteiger partial charge < -0.3 is 10.6 Å². The lowest BCUT2D eigenvalue weighted by Crippen LogP contribution is -2.36. The van der Waals surface area contributed by atoms with Crippen molar-refractivity contribution in [2.24, 2.45) is 5.92 Å². The van der Waals surface area contributed by atoms with Crippen molar-refractivity contribution in [3.63, 3.8) is 0 Å². The molecule has 1 aliphatic carbocycles. The van der Waals surface area contributed by atoms with Crippen LogP contribution in [0.1, 0.15) is 51.1 Å². The molecule has 5 nitrogen and oxygen atoms in total. The fourth-order valence-electron chi connectivity index (χ4n) is 2.27. The van der Waals surface area contributed by atoms with Crippen LogP contribution in [0, 0.1) is 5.92 Å². The lowest BCUT2D eigenvalue weighted by Gasteiger charge is -2.09. The van der Waals surface area contributed by atoms with Crippen LogP contribution in [0.2, 0.25) is 0 Å². The number of carbonyl (C=O) groups excluding carboxylic acids is 2. The van der Waals surface area contributed by atoms with Gasteiger partial charge in [-0.15, -0.1) is 11.3 Å². The molecule has 0 atom stereocenters. The van der Waals surface area contributed by atoms with E-state index in [-0.39, 0.29) is 24.3 Å². The molecule has 2 rings (SSSR count). The van der Waals surface area contributed by atoms with Crippen LogP contribution in [0.15, 0.2) is 5.38 Å². The normalized spacial score (nSPS) is 15.6. The number of nitrogens with one attached hydrogen (secondary N) is 2. The number of aromatic nitrogens is 1. The Bertz CT molecular complexity index is 479. The predicted molar refractivity (Wildman–Crippen MR) is 79.8 cm³/mol. The molecule has 0 bridgehead atoms. The Morgan fingerprint density at radius 1 is 1.40 bits per heavy atom. The second-order valence-electron chi connectivity index (χ2n) is 5.48. The predicted octanol–water partition coefficient (Wildman–Crippen LogP) is 2.51. The van der Waals surface area contributed by atoms with Crippen molar-refractivity contribution < 1.29 is 9.59 Å². The highest BCUT2D eigenvalue weighted by Gasteiger charge is 2.22. The summed E-state index contributed by atoms with van der Waals surface area (Å²) < 4.78 is 0. The Morgan fingerprint density at radius 2 is 2.10 bits per heavy atom. The van der Waals surface area contributed by atoms with E-state index in [1.165, 1.54) is 11.3 Å². The Balaban J connectivity index is 1.75. The molecule has 0 aliphatic heterocycles. The third kappa shape index (κ3) is 4.03. The molecule has 1 fully saturated rings. The average Bonchev–Trinajstić information content (AvgIpc) is 3.06. The molecule has 1 aliphatic rings. The fraction of sp³-hybridized carbons (Fsp3) is 0.643. The molecule has 0 saturated heterocycles. The SMILES string of the molecule is CC(C)c1csc(NC(=O)CNC(=O)C2CCCC2)n1. The van der Waals surface area contributed by atoms with Crippen molar-refractivity contribution in [3.8, 4) is 0 Å². The van der Waals surface area contributed by atoms with E-state index in [1.54, 1.807) is 0 Å². The third-order valence-corrected chi connectivity index (χ3v) is 4.28. The van der Waals surface area contributed by atoms with Crippen molar-refractivity contribution in [1.29, 1.82) is 0 Å². The molecule has 1 aromatic heterocycles. The number of thiazole rings is 1. The number of anilines is 1. The van der Waals surface area contributed by atoms with Crippen LogP contribution in [0.4, 0.5) is 5.13 Å². The minimum Gasteiger partial charge on any atom is -0.347 e. The van der Waals surface area contributed by atoms with Crippen LogP contribution in [-0.4, -0.2) is 23.3 Å². The maximum atomic E-state index is 11.8. The minimum atomic E-state index is -0.221. The van der Waals surface area contributed by atoms with Crippen LogP contribution >= 0.6 is 11.3 Å². The van der Waals surface area contributed by atoms with Gasteiger partial charge in [-0.2, -0.15) is 0 Å². The fourth-order valence-corrected chi connectivity index (χ4v) is 3.16. The first kappa shape index (κ1) is 15.0. The third-order valence-electron chi connectivity index (χ3n) is 3.51. The van der Waals surface area contributed by atoms with Crippen molar-refractivity contribution >= 4 is 28.3 Å². The molecule has 110 valence electrons. The van der Waals surface area contributed by atoms with Crippen LogP contribution in [0.25, 0.3) is 0 Å². The standard InChI is InChI=1S/C14H21N3O2S/c1-9(2)11-8-20-14(16-11)17-12(18)7-15-13(19)10-5-3-4-6-10/h8-10H,3-7H2,1-2H3,(H,15,19)(H,16,17,18). The lowest BCUT2D eigenvalue weighted by atomic mass is 10.1. The van der Waals surface area contributed by atoms with Crippen molar-refractivity contribution in [2.45, 2.75) is 45.4 Å². The lowest BCUT2D eigenvalue weighted by molar-refractivity contribution is -0.127. The molecular formula is C14H21N3O2S. The Kier molecular flexibility index (Phi) is 5.11. The Labute approximate surface area is 123 Å². The first-order valence-corrected chi connectivity index (χ1v) is 7.97. The van der Waals surface area contributed by atoms with Gasteiger partial charge in [0.05, 0.1) is 12.2 Å². The summed E-state index contributed by atoms with van der Waals surface area (Å²) >= 11 is 1.41. The second kappa shape index (κ2) is 6.83. The average molecular weight is 295 g/mol. The molecule has 2 N–H and O–H groups in total. The van der Waals surface area contributed by atoms with E-state index >= 15 is 0 Å². The quantitative estimate of drug-likeness (QED) is 0.877. The highest BCUT2D eigenvalue weighted by molar-refractivity contribution is 7.13. The van der Waals surface area contributed by atoms with Crippen LogP contribution in [0.3, 0.4) is 0 Å². The van der Waals surface area contributed by atoms with Gasteiger partial charge in [-0.1, -0.05) is 26.7 Å². The Morgan fingerprint density at radius 3 is 2.70 bits per heavy atom. The summed E-state index contributed by atoms with van der Waals surface area (Å²) in [4.78, 5) is 27.9. The summed E-state index contributed by atoms with van der Waals surface area (Å²) in [5.41, 5.74) is 0.972. The van der Waals surface area contributed by atoms with E-state index < -0.39 is 0 Å². The number of hydrogen-bond donors (Lipinski definition) is 2. The molecule has 0 spiro atoms. The summed E-state index contributed by atoms with van der Waals surface area (Å²) in [5, 5.41) is 7.95. The molecule has 1 aromatic rings. The first-order chi connectivity index (χ1) is 9.56. The van der Waals surface area contributed by atoms with Gasteiger partial charge in [0.2, 0.25) is 11.8 Å². The largest absolute Gasteiger partial charge is 0.347 e. The highest BCUT2D eigenvalue weighted by atomic mass is 32.1. The summed E-state index contributed by atoms with van der Waals surface area (Å²) in [7, 11) is 0. The number of nitrogens with zero attached hydrogens (tertiary/aromatic N) is 1. The first-order valence-electron chi connectivity index (χ1n) is 7.09. The summed E-state index contributed by atoms with van der Waals surface area (Å²) in [6.07, 6.45) is 4.11. The molecule has 20 heavy (non-hydrogen) atoms. The molecule has 0 unspecified atom stereocenters. The van der Waals surface area contributed by atoms with Gasteiger partial charge >= 0.3 is 0 Å². The maximum Gasteiger partial charge on any atom is 0.245 e. The van der Waals surface area contributed by atoms with Gasteiger partial charge in [0.25, 0.3) is 0 Å². The zero-order valence-corrected chi connectivity index (χ0v) is 12.8. The minimum absolute atomic E-state index is 0.000316. The summed E-state index contributed by atoms with van der Waals surface area (Å²) in [6.45, 7) is 4.14. The van der Waals surface area contributed by atoms with Gasteiger partial charge in [-0.3, -0.25) is 9.59 Å². The summed E-state index contributed by atoms with van der Waals surface area (Å²) in [6, 6.07) is 0. The van der Waals surface area contributed by atoms with Gasteiger partial charge in [0, 0.05) is 11.3 Å². The van der Waals surface area contributed by atoms with Gasteiger partial charge in [-0.25, -0.2) is 4.98 Å². The van der Waals surface area contributed by atoms with Crippen molar-refractivity contribution in [3.05, 3.63) is 11.1 Å². The van der Waals surface area contributed by atoms with E-state index in [2.05, 4.69) is 29.5 Å². The van der Waals surface area contributed by atoms with Gasteiger partial charge in [0.15, 0.2) is 5.13 Å². The highest BCUT2D eigenvalue weighted by Crippen LogP contribution is 2.24. The van der Waals surface area contributed by atoms with Crippen molar-refractivity contribution in [2.75, 3.05) is 11.9 Å². The van der Waals surface area contributed by atoms with E-state index in [0.29, 0.717) is 11.0 Å². The topological polar surface area (TPSA) is 71.1 Å². The molecule has 0 radical (unpaired) electrons. The van der Waals surface area contributed by atoms with Crippen LogP contribution in [0.5, 0.6) is 0 Å². The maximum absolute atomic E-state index is 11.8. The number of rotatable bonds is 5.